The van der Waals surface area contributed by atoms with Gasteiger partial charge in [0.25, 0.3) is 0 Å². The van der Waals surface area contributed by atoms with Gasteiger partial charge in [-0.3, -0.25) is 0 Å². The molecular formula is C9H20O2. The molecule has 1 unspecified atom stereocenters. The first-order valence-corrected chi connectivity index (χ1v) is 4.49. The van der Waals surface area contributed by atoms with E-state index in [0.717, 1.165) is 13.0 Å². The third-order valence-corrected chi connectivity index (χ3v) is 1.66. The molecule has 0 fully saturated rings. The summed E-state index contributed by atoms with van der Waals surface area (Å²) in [6, 6.07) is 0. The van der Waals surface area contributed by atoms with E-state index in [1.165, 1.54) is 19.3 Å². The van der Waals surface area contributed by atoms with Gasteiger partial charge in [0.15, 0.2) is 6.29 Å². The minimum Gasteiger partial charge on any atom is -0.356 e. The molecule has 0 aliphatic carbocycles. The zero-order chi connectivity index (χ0) is 8.53. The molecule has 68 valence electrons. The Morgan fingerprint density at radius 2 is 1.91 bits per heavy atom. The van der Waals surface area contributed by atoms with Crippen molar-refractivity contribution in [3.05, 3.63) is 0 Å². The summed E-state index contributed by atoms with van der Waals surface area (Å²) >= 11 is 0. The molecule has 0 saturated carbocycles. The first kappa shape index (κ1) is 10.9. The molecule has 0 aliphatic rings. The lowest BCUT2D eigenvalue weighted by Crippen LogP contribution is -2.14. The van der Waals surface area contributed by atoms with E-state index >= 15 is 0 Å². The molecule has 0 aliphatic heterocycles. The highest BCUT2D eigenvalue weighted by Gasteiger charge is 2.04. The number of hydrogen-bond donors (Lipinski definition) is 0. The standard InChI is InChI=1S/C9H20O2/c1-4-6-7-8-9(10-3)11-5-2/h9H,4-8H2,1-3H3. The Morgan fingerprint density at radius 1 is 1.18 bits per heavy atom. The quantitative estimate of drug-likeness (QED) is 0.421. The van der Waals surface area contributed by atoms with E-state index in [1.54, 1.807) is 7.11 Å². The fourth-order valence-corrected chi connectivity index (χ4v) is 1.02. The minimum absolute atomic E-state index is 0.0200. The average molecular weight is 160 g/mol. The Balaban J connectivity index is 3.20. The minimum atomic E-state index is 0.0200. The molecule has 0 radical (unpaired) electrons. The maximum atomic E-state index is 5.32. The van der Waals surface area contributed by atoms with Gasteiger partial charge in [-0.2, -0.15) is 0 Å². The van der Waals surface area contributed by atoms with Gasteiger partial charge in [-0.1, -0.05) is 19.8 Å². The van der Waals surface area contributed by atoms with Crippen LogP contribution in [0.2, 0.25) is 0 Å². The van der Waals surface area contributed by atoms with Crippen LogP contribution in [0.4, 0.5) is 0 Å². The van der Waals surface area contributed by atoms with Crippen LogP contribution in [0.5, 0.6) is 0 Å². The van der Waals surface area contributed by atoms with E-state index in [1.807, 2.05) is 6.92 Å². The molecule has 0 aromatic heterocycles. The summed E-state index contributed by atoms with van der Waals surface area (Å²) in [5.74, 6) is 0. The second kappa shape index (κ2) is 8.02. The van der Waals surface area contributed by atoms with Gasteiger partial charge in [0.2, 0.25) is 0 Å². The van der Waals surface area contributed by atoms with Crippen molar-refractivity contribution in [2.45, 2.75) is 45.8 Å². The molecule has 0 aromatic rings. The second-order valence-electron chi connectivity index (χ2n) is 2.62. The maximum Gasteiger partial charge on any atom is 0.157 e. The summed E-state index contributed by atoms with van der Waals surface area (Å²) in [5, 5.41) is 0. The number of unbranched alkanes of at least 4 members (excludes halogenated alkanes) is 2. The second-order valence-corrected chi connectivity index (χ2v) is 2.62. The van der Waals surface area contributed by atoms with E-state index < -0.39 is 0 Å². The molecule has 0 N–H and O–H groups in total. The molecule has 11 heavy (non-hydrogen) atoms. The predicted octanol–water partition coefficient (Wildman–Crippen LogP) is 2.58. The molecule has 0 aromatic carbocycles. The van der Waals surface area contributed by atoms with Gasteiger partial charge in [0.05, 0.1) is 0 Å². The van der Waals surface area contributed by atoms with Crippen molar-refractivity contribution in [1.82, 2.24) is 0 Å². The number of ether oxygens (including phenoxy) is 2. The Morgan fingerprint density at radius 3 is 2.36 bits per heavy atom. The van der Waals surface area contributed by atoms with Crippen LogP contribution >= 0.6 is 0 Å². The lowest BCUT2D eigenvalue weighted by atomic mass is 10.2. The topological polar surface area (TPSA) is 18.5 Å². The van der Waals surface area contributed by atoms with Gasteiger partial charge in [0, 0.05) is 13.7 Å². The number of rotatable bonds is 7. The van der Waals surface area contributed by atoms with Crippen LogP contribution in [0.1, 0.15) is 39.5 Å². The Hall–Kier alpha value is -0.0800. The zero-order valence-electron chi connectivity index (χ0n) is 7.93. The van der Waals surface area contributed by atoms with E-state index in [2.05, 4.69) is 6.92 Å². The van der Waals surface area contributed by atoms with Crippen molar-refractivity contribution < 1.29 is 9.47 Å². The predicted molar refractivity (Wildman–Crippen MR) is 46.6 cm³/mol. The largest absolute Gasteiger partial charge is 0.356 e. The zero-order valence-corrected chi connectivity index (χ0v) is 7.93. The Bertz CT molecular complexity index is 74.0. The van der Waals surface area contributed by atoms with Gasteiger partial charge in [-0.25, -0.2) is 0 Å². The monoisotopic (exact) mass is 160 g/mol. The molecule has 0 rings (SSSR count). The van der Waals surface area contributed by atoms with Crippen molar-refractivity contribution in [3.8, 4) is 0 Å². The van der Waals surface area contributed by atoms with Gasteiger partial charge in [-0.05, 0) is 19.8 Å². The molecule has 0 spiro atoms. The molecule has 0 bridgehead atoms. The SMILES string of the molecule is CCCCCC(OC)OCC. The van der Waals surface area contributed by atoms with Crippen LogP contribution in [-0.2, 0) is 9.47 Å². The van der Waals surface area contributed by atoms with Crippen molar-refractivity contribution in [2.75, 3.05) is 13.7 Å². The molecule has 2 heteroatoms. The summed E-state index contributed by atoms with van der Waals surface area (Å²) in [7, 11) is 1.70. The molecule has 0 amide bonds. The van der Waals surface area contributed by atoms with E-state index in [4.69, 9.17) is 9.47 Å². The Kier molecular flexibility index (Phi) is 7.96. The molecule has 1 atom stereocenters. The van der Waals surface area contributed by atoms with Crippen molar-refractivity contribution in [3.63, 3.8) is 0 Å². The fourth-order valence-electron chi connectivity index (χ4n) is 1.02. The lowest BCUT2D eigenvalue weighted by molar-refractivity contribution is -0.124. The van der Waals surface area contributed by atoms with Crippen molar-refractivity contribution >= 4 is 0 Å². The summed E-state index contributed by atoms with van der Waals surface area (Å²) < 4.78 is 10.4. The van der Waals surface area contributed by atoms with E-state index in [9.17, 15) is 0 Å². The third kappa shape index (κ3) is 6.32. The highest BCUT2D eigenvalue weighted by atomic mass is 16.7. The average Bonchev–Trinajstić information content (AvgIpc) is 2.03. The summed E-state index contributed by atoms with van der Waals surface area (Å²) in [4.78, 5) is 0. The third-order valence-electron chi connectivity index (χ3n) is 1.66. The lowest BCUT2D eigenvalue weighted by Gasteiger charge is -2.14. The van der Waals surface area contributed by atoms with Crippen LogP contribution in [0.15, 0.2) is 0 Å². The highest BCUT2D eigenvalue weighted by Crippen LogP contribution is 2.06. The van der Waals surface area contributed by atoms with Gasteiger partial charge in [-0.15, -0.1) is 0 Å². The van der Waals surface area contributed by atoms with Crippen LogP contribution in [0, 0.1) is 0 Å². The van der Waals surface area contributed by atoms with Crippen LogP contribution in [0.25, 0.3) is 0 Å². The molecule has 0 heterocycles. The summed E-state index contributed by atoms with van der Waals surface area (Å²) in [5.41, 5.74) is 0. The smallest absolute Gasteiger partial charge is 0.157 e. The molecular weight excluding hydrogens is 140 g/mol. The van der Waals surface area contributed by atoms with Gasteiger partial charge >= 0.3 is 0 Å². The van der Waals surface area contributed by atoms with Crippen molar-refractivity contribution in [2.24, 2.45) is 0 Å². The molecule has 2 nitrogen and oxygen atoms in total. The van der Waals surface area contributed by atoms with Gasteiger partial charge < -0.3 is 9.47 Å². The number of methoxy groups -OCH3 is 1. The van der Waals surface area contributed by atoms with Crippen molar-refractivity contribution in [1.29, 1.82) is 0 Å². The normalized spacial score (nSPS) is 13.4. The Labute approximate surface area is 69.9 Å². The van der Waals surface area contributed by atoms with Gasteiger partial charge in [0.1, 0.15) is 0 Å². The van der Waals surface area contributed by atoms with E-state index in [0.29, 0.717) is 0 Å². The highest BCUT2D eigenvalue weighted by molar-refractivity contribution is 4.45. The number of hydrogen-bond acceptors (Lipinski definition) is 2. The molecule has 0 saturated heterocycles. The van der Waals surface area contributed by atoms with Crippen LogP contribution < -0.4 is 0 Å². The van der Waals surface area contributed by atoms with Crippen LogP contribution in [0.3, 0.4) is 0 Å². The fraction of sp³-hybridized carbons (Fsp3) is 1.00. The van der Waals surface area contributed by atoms with Crippen LogP contribution in [-0.4, -0.2) is 20.0 Å². The maximum absolute atomic E-state index is 5.32. The first-order chi connectivity index (χ1) is 5.35. The summed E-state index contributed by atoms with van der Waals surface area (Å²) in [6.07, 6.45) is 4.77. The summed E-state index contributed by atoms with van der Waals surface area (Å²) in [6.45, 7) is 4.93. The van der Waals surface area contributed by atoms with E-state index in [-0.39, 0.29) is 6.29 Å². The first-order valence-electron chi connectivity index (χ1n) is 4.49.